The zero-order valence-electron chi connectivity index (χ0n) is 7.63. The standard InChI is InChI=1S/C10H10BrClOS/c1-13-9-2-5(6-3-10(6)14)8(12)4-7(9)11/h2,4,6,10,14H,3H2,1H3. The molecule has 1 aromatic rings. The minimum absolute atomic E-state index is 0.457. The Hall–Kier alpha value is 0.140. The number of ether oxygens (including phenoxy) is 1. The van der Waals surface area contributed by atoms with E-state index in [4.69, 9.17) is 16.3 Å². The summed E-state index contributed by atoms with van der Waals surface area (Å²) in [5, 5.41) is 1.25. The first-order valence-corrected chi connectivity index (χ1v) is 6.03. The maximum atomic E-state index is 6.14. The van der Waals surface area contributed by atoms with Gasteiger partial charge in [0.15, 0.2) is 0 Å². The lowest BCUT2D eigenvalue weighted by atomic mass is 10.1. The lowest BCUT2D eigenvalue weighted by molar-refractivity contribution is 0.411. The molecule has 0 heterocycles. The van der Waals surface area contributed by atoms with Crippen LogP contribution in [0, 0.1) is 0 Å². The maximum Gasteiger partial charge on any atom is 0.133 e. The summed E-state index contributed by atoms with van der Waals surface area (Å²) < 4.78 is 6.12. The van der Waals surface area contributed by atoms with Gasteiger partial charge in [-0.1, -0.05) is 11.6 Å². The summed E-state index contributed by atoms with van der Waals surface area (Å²) in [5.41, 5.74) is 1.15. The minimum atomic E-state index is 0.457. The molecule has 0 aliphatic heterocycles. The Bertz CT molecular complexity index is 369. The van der Waals surface area contributed by atoms with Gasteiger partial charge in [0.2, 0.25) is 0 Å². The van der Waals surface area contributed by atoms with Crippen LogP contribution in [0.5, 0.6) is 5.75 Å². The van der Waals surface area contributed by atoms with Crippen molar-refractivity contribution in [1.82, 2.24) is 0 Å². The van der Waals surface area contributed by atoms with Crippen molar-refractivity contribution in [2.24, 2.45) is 0 Å². The molecular weight excluding hydrogens is 284 g/mol. The molecule has 1 nitrogen and oxygen atoms in total. The van der Waals surface area contributed by atoms with Crippen LogP contribution < -0.4 is 4.74 Å². The SMILES string of the molecule is COc1cc(C2CC2S)c(Cl)cc1Br. The number of halogens is 2. The lowest BCUT2D eigenvalue weighted by Crippen LogP contribution is -1.90. The average molecular weight is 294 g/mol. The summed E-state index contributed by atoms with van der Waals surface area (Å²) in [6.45, 7) is 0. The third kappa shape index (κ3) is 1.90. The van der Waals surface area contributed by atoms with Gasteiger partial charge in [-0.15, -0.1) is 0 Å². The van der Waals surface area contributed by atoms with Gasteiger partial charge in [0.05, 0.1) is 11.6 Å². The van der Waals surface area contributed by atoms with Gasteiger partial charge < -0.3 is 4.74 Å². The van der Waals surface area contributed by atoms with E-state index < -0.39 is 0 Å². The largest absolute Gasteiger partial charge is 0.496 e. The molecule has 0 aromatic heterocycles. The molecule has 1 aliphatic carbocycles. The summed E-state index contributed by atoms with van der Waals surface area (Å²) in [5.74, 6) is 1.32. The van der Waals surface area contributed by atoms with Crippen LogP contribution in [0.2, 0.25) is 5.02 Å². The molecule has 0 N–H and O–H groups in total. The number of methoxy groups -OCH3 is 1. The normalized spacial score (nSPS) is 24.9. The second-order valence-electron chi connectivity index (χ2n) is 3.42. The summed E-state index contributed by atoms with van der Waals surface area (Å²) >= 11 is 13.9. The molecule has 0 amide bonds. The van der Waals surface area contributed by atoms with Crippen molar-refractivity contribution in [3.63, 3.8) is 0 Å². The van der Waals surface area contributed by atoms with E-state index in [9.17, 15) is 0 Å². The van der Waals surface area contributed by atoms with Gasteiger partial charge in [-0.3, -0.25) is 0 Å². The zero-order valence-corrected chi connectivity index (χ0v) is 10.9. The highest BCUT2D eigenvalue weighted by Crippen LogP contribution is 2.49. The van der Waals surface area contributed by atoms with Crippen molar-refractivity contribution in [3.8, 4) is 5.75 Å². The quantitative estimate of drug-likeness (QED) is 0.814. The molecule has 0 radical (unpaired) electrons. The summed E-state index contributed by atoms with van der Waals surface area (Å²) in [6, 6.07) is 3.88. The molecule has 1 aliphatic rings. The Morgan fingerprint density at radius 2 is 2.21 bits per heavy atom. The molecule has 1 aromatic carbocycles. The van der Waals surface area contributed by atoms with Crippen LogP contribution in [0.4, 0.5) is 0 Å². The Kier molecular flexibility index (Phi) is 3.01. The van der Waals surface area contributed by atoms with Crippen molar-refractivity contribution in [1.29, 1.82) is 0 Å². The molecule has 0 spiro atoms. The van der Waals surface area contributed by atoms with E-state index in [1.807, 2.05) is 12.1 Å². The fourth-order valence-corrected chi connectivity index (χ4v) is 2.83. The highest BCUT2D eigenvalue weighted by Gasteiger charge is 2.37. The van der Waals surface area contributed by atoms with Gasteiger partial charge in [0.25, 0.3) is 0 Å². The van der Waals surface area contributed by atoms with Crippen LogP contribution in [-0.2, 0) is 0 Å². The van der Waals surface area contributed by atoms with Crippen LogP contribution >= 0.6 is 40.2 Å². The van der Waals surface area contributed by atoms with Gasteiger partial charge in [-0.25, -0.2) is 0 Å². The van der Waals surface area contributed by atoms with Crippen LogP contribution in [0.1, 0.15) is 17.9 Å². The van der Waals surface area contributed by atoms with Crippen molar-refractivity contribution < 1.29 is 4.74 Å². The number of thiol groups is 1. The minimum Gasteiger partial charge on any atom is -0.496 e. The highest BCUT2D eigenvalue weighted by atomic mass is 79.9. The topological polar surface area (TPSA) is 9.23 Å². The zero-order chi connectivity index (χ0) is 10.3. The molecule has 2 rings (SSSR count). The van der Waals surface area contributed by atoms with Crippen molar-refractivity contribution in [2.45, 2.75) is 17.6 Å². The Labute approximate surface area is 102 Å². The van der Waals surface area contributed by atoms with Crippen LogP contribution in [0.25, 0.3) is 0 Å². The van der Waals surface area contributed by atoms with E-state index in [1.54, 1.807) is 7.11 Å². The number of rotatable bonds is 2. The summed E-state index contributed by atoms with van der Waals surface area (Å²) in [4.78, 5) is 0. The molecule has 0 saturated heterocycles. The third-order valence-corrected chi connectivity index (χ3v) is 3.95. The number of hydrogen-bond donors (Lipinski definition) is 1. The predicted molar refractivity (Wildman–Crippen MR) is 65.8 cm³/mol. The number of benzene rings is 1. The van der Waals surface area contributed by atoms with E-state index in [0.29, 0.717) is 11.2 Å². The first kappa shape index (κ1) is 10.7. The molecule has 14 heavy (non-hydrogen) atoms. The Morgan fingerprint density at radius 3 is 2.71 bits per heavy atom. The van der Waals surface area contributed by atoms with Crippen LogP contribution in [0.3, 0.4) is 0 Å². The van der Waals surface area contributed by atoms with Gasteiger partial charge >= 0.3 is 0 Å². The second kappa shape index (κ2) is 3.95. The van der Waals surface area contributed by atoms with Crippen molar-refractivity contribution in [2.75, 3.05) is 7.11 Å². The monoisotopic (exact) mass is 292 g/mol. The third-order valence-electron chi connectivity index (χ3n) is 2.43. The molecule has 1 fully saturated rings. The van der Waals surface area contributed by atoms with Gasteiger partial charge in [0, 0.05) is 10.3 Å². The van der Waals surface area contributed by atoms with Crippen molar-refractivity contribution >= 4 is 40.2 Å². The van der Waals surface area contributed by atoms with Crippen LogP contribution in [-0.4, -0.2) is 12.4 Å². The summed E-state index contributed by atoms with van der Waals surface area (Å²) in [7, 11) is 1.66. The van der Waals surface area contributed by atoms with E-state index in [-0.39, 0.29) is 0 Å². The second-order valence-corrected chi connectivity index (χ2v) is 5.34. The fourth-order valence-electron chi connectivity index (χ4n) is 1.50. The average Bonchev–Trinajstić information content (AvgIpc) is 2.83. The summed E-state index contributed by atoms with van der Waals surface area (Å²) in [6.07, 6.45) is 1.10. The first-order chi connectivity index (χ1) is 6.63. The van der Waals surface area contributed by atoms with Gasteiger partial charge in [-0.2, -0.15) is 12.6 Å². The molecule has 2 unspecified atom stereocenters. The van der Waals surface area contributed by atoms with E-state index in [1.165, 1.54) is 0 Å². The van der Waals surface area contributed by atoms with E-state index in [0.717, 1.165) is 27.2 Å². The lowest BCUT2D eigenvalue weighted by Gasteiger charge is -2.08. The fraction of sp³-hybridized carbons (Fsp3) is 0.400. The van der Waals surface area contributed by atoms with Gasteiger partial charge in [-0.05, 0) is 46.0 Å². The van der Waals surface area contributed by atoms with Crippen LogP contribution in [0.15, 0.2) is 16.6 Å². The predicted octanol–water partition coefficient (Wildman–Crippen LogP) is 3.90. The Balaban J connectivity index is 2.40. The molecule has 0 bridgehead atoms. The van der Waals surface area contributed by atoms with E-state index in [2.05, 4.69) is 28.6 Å². The Morgan fingerprint density at radius 1 is 1.57 bits per heavy atom. The molecule has 4 heteroatoms. The number of hydrogen-bond acceptors (Lipinski definition) is 2. The maximum absolute atomic E-state index is 6.14. The molecule has 76 valence electrons. The molecule has 1 saturated carbocycles. The smallest absolute Gasteiger partial charge is 0.133 e. The first-order valence-electron chi connectivity index (χ1n) is 4.34. The molecular formula is C10H10BrClOS. The highest BCUT2D eigenvalue weighted by molar-refractivity contribution is 9.10. The molecule has 2 atom stereocenters. The van der Waals surface area contributed by atoms with E-state index >= 15 is 0 Å². The van der Waals surface area contributed by atoms with Crippen molar-refractivity contribution in [3.05, 3.63) is 27.2 Å². The van der Waals surface area contributed by atoms with Gasteiger partial charge in [0.1, 0.15) is 5.75 Å².